The van der Waals surface area contributed by atoms with Crippen LogP contribution in [0.2, 0.25) is 0 Å². The van der Waals surface area contributed by atoms with E-state index in [1.54, 1.807) is 6.92 Å². The Bertz CT molecular complexity index is 164. The molecule has 0 spiro atoms. The number of carbonyl (C=O) groups is 1. The van der Waals surface area contributed by atoms with E-state index in [4.69, 9.17) is 9.47 Å². The van der Waals surface area contributed by atoms with Crippen molar-refractivity contribution in [2.45, 2.75) is 13.2 Å². The molecule has 0 aliphatic rings. The van der Waals surface area contributed by atoms with Gasteiger partial charge in [0.2, 0.25) is 0 Å². The van der Waals surface area contributed by atoms with E-state index >= 15 is 0 Å². The second kappa shape index (κ2) is 5.74. The monoisotopic (exact) mass is 174 g/mol. The third-order valence-electron chi connectivity index (χ3n) is 1.30. The van der Waals surface area contributed by atoms with Crippen molar-refractivity contribution in [3.8, 4) is 0 Å². The van der Waals surface area contributed by atoms with E-state index in [1.807, 2.05) is 0 Å². The van der Waals surface area contributed by atoms with Crippen LogP contribution in [0.4, 0.5) is 0 Å². The van der Waals surface area contributed by atoms with Crippen LogP contribution in [0, 0.1) is 0 Å². The Morgan fingerprint density at radius 2 is 2.08 bits per heavy atom. The maximum absolute atomic E-state index is 10.8. The fraction of sp³-hybridized carbons (Fsp3) is 0.625. The van der Waals surface area contributed by atoms with Crippen molar-refractivity contribution in [1.29, 1.82) is 0 Å². The second-order valence-corrected chi connectivity index (χ2v) is 2.21. The van der Waals surface area contributed by atoms with Gasteiger partial charge < -0.3 is 14.2 Å². The van der Waals surface area contributed by atoms with E-state index in [9.17, 15) is 4.79 Å². The molecule has 0 amide bonds. The molecule has 0 heterocycles. The van der Waals surface area contributed by atoms with Crippen LogP contribution in [0.15, 0.2) is 12.2 Å². The van der Waals surface area contributed by atoms with Crippen LogP contribution in [0.5, 0.6) is 0 Å². The minimum absolute atomic E-state index is 0.127. The van der Waals surface area contributed by atoms with Crippen molar-refractivity contribution in [2.24, 2.45) is 0 Å². The molecule has 1 atom stereocenters. The zero-order valence-corrected chi connectivity index (χ0v) is 7.62. The number of esters is 1. The van der Waals surface area contributed by atoms with Crippen LogP contribution in [0.25, 0.3) is 0 Å². The molecule has 4 heteroatoms. The third kappa shape index (κ3) is 4.10. The van der Waals surface area contributed by atoms with Crippen molar-refractivity contribution in [2.75, 3.05) is 20.8 Å². The van der Waals surface area contributed by atoms with E-state index in [0.717, 1.165) is 0 Å². The topological polar surface area (TPSA) is 44.8 Å². The van der Waals surface area contributed by atoms with E-state index in [1.165, 1.54) is 14.2 Å². The first-order valence-electron chi connectivity index (χ1n) is 3.52. The lowest BCUT2D eigenvalue weighted by atomic mass is 10.3. The number of carbonyl (C=O) groups excluding carboxylic acids is 1. The SMILES string of the molecule is C=C(COC(C)OC)C(=O)OC. The third-order valence-corrected chi connectivity index (χ3v) is 1.30. The quantitative estimate of drug-likeness (QED) is 0.350. The minimum atomic E-state index is -0.460. The van der Waals surface area contributed by atoms with Gasteiger partial charge in [0.05, 0.1) is 19.3 Å². The molecule has 0 fully saturated rings. The van der Waals surface area contributed by atoms with Crippen LogP contribution >= 0.6 is 0 Å². The number of methoxy groups -OCH3 is 2. The number of hydrogen-bond donors (Lipinski definition) is 0. The predicted octanol–water partition coefficient (Wildman–Crippen LogP) is 0.725. The summed E-state index contributed by atoms with van der Waals surface area (Å²) in [4.78, 5) is 10.8. The molecular weight excluding hydrogens is 160 g/mol. The van der Waals surface area contributed by atoms with Crippen LogP contribution in [-0.2, 0) is 19.0 Å². The standard InChI is InChI=1S/C8H14O4/c1-6(8(9)11-4)5-12-7(2)10-3/h7H,1,5H2,2-4H3. The van der Waals surface area contributed by atoms with Crippen LogP contribution < -0.4 is 0 Å². The molecule has 1 unspecified atom stereocenters. The molecule has 0 aliphatic carbocycles. The highest BCUT2D eigenvalue weighted by atomic mass is 16.7. The van der Waals surface area contributed by atoms with Crippen molar-refractivity contribution >= 4 is 5.97 Å². The number of ether oxygens (including phenoxy) is 3. The zero-order chi connectivity index (χ0) is 9.56. The molecule has 70 valence electrons. The highest BCUT2D eigenvalue weighted by Crippen LogP contribution is 1.98. The van der Waals surface area contributed by atoms with Crippen molar-refractivity contribution in [1.82, 2.24) is 0 Å². The maximum Gasteiger partial charge on any atom is 0.335 e. The molecule has 0 bridgehead atoms. The highest BCUT2D eigenvalue weighted by molar-refractivity contribution is 5.87. The second-order valence-electron chi connectivity index (χ2n) is 2.21. The molecule has 0 saturated carbocycles. The molecule has 0 saturated heterocycles. The average molecular weight is 174 g/mol. The van der Waals surface area contributed by atoms with Gasteiger partial charge in [0.25, 0.3) is 0 Å². The van der Waals surface area contributed by atoms with Gasteiger partial charge in [0.1, 0.15) is 0 Å². The summed E-state index contributed by atoms with van der Waals surface area (Å²) in [6, 6.07) is 0. The molecule has 12 heavy (non-hydrogen) atoms. The van der Waals surface area contributed by atoms with E-state index in [-0.39, 0.29) is 18.5 Å². The molecule has 0 aliphatic heterocycles. The Hall–Kier alpha value is -0.870. The normalized spacial score (nSPS) is 12.2. The van der Waals surface area contributed by atoms with Gasteiger partial charge in [-0.2, -0.15) is 0 Å². The molecule has 0 aromatic rings. The summed E-state index contributed by atoms with van der Waals surface area (Å²) in [6.45, 7) is 5.33. The summed E-state index contributed by atoms with van der Waals surface area (Å²) in [7, 11) is 2.82. The first-order valence-corrected chi connectivity index (χ1v) is 3.52. The van der Waals surface area contributed by atoms with Gasteiger partial charge in [-0.3, -0.25) is 0 Å². The molecular formula is C8H14O4. The summed E-state index contributed by atoms with van der Waals surface area (Å²) in [5.41, 5.74) is 0.279. The van der Waals surface area contributed by atoms with Gasteiger partial charge in [-0.1, -0.05) is 6.58 Å². The van der Waals surface area contributed by atoms with Crippen molar-refractivity contribution in [3.63, 3.8) is 0 Å². The minimum Gasteiger partial charge on any atom is -0.466 e. The predicted molar refractivity (Wildman–Crippen MR) is 43.6 cm³/mol. The molecule has 0 rings (SSSR count). The van der Waals surface area contributed by atoms with E-state index in [0.29, 0.717) is 0 Å². The molecule has 0 N–H and O–H groups in total. The Balaban J connectivity index is 3.64. The average Bonchev–Trinajstić information content (AvgIpc) is 2.11. The maximum atomic E-state index is 10.8. The highest BCUT2D eigenvalue weighted by Gasteiger charge is 2.08. The summed E-state index contributed by atoms with van der Waals surface area (Å²) < 4.78 is 14.3. The van der Waals surface area contributed by atoms with Gasteiger partial charge in [0.15, 0.2) is 6.29 Å². The van der Waals surface area contributed by atoms with Crippen LogP contribution in [0.1, 0.15) is 6.92 Å². The Morgan fingerprint density at radius 3 is 2.50 bits per heavy atom. The first-order chi connectivity index (χ1) is 5.61. The molecule has 0 radical (unpaired) electrons. The summed E-state index contributed by atoms with van der Waals surface area (Å²) in [5, 5.41) is 0. The Kier molecular flexibility index (Phi) is 5.32. The summed E-state index contributed by atoms with van der Waals surface area (Å²) >= 11 is 0. The van der Waals surface area contributed by atoms with Gasteiger partial charge in [-0.15, -0.1) is 0 Å². The number of hydrogen-bond acceptors (Lipinski definition) is 4. The van der Waals surface area contributed by atoms with Gasteiger partial charge >= 0.3 is 5.97 Å². The Morgan fingerprint density at radius 1 is 1.50 bits per heavy atom. The van der Waals surface area contributed by atoms with Crippen LogP contribution in [0.3, 0.4) is 0 Å². The largest absolute Gasteiger partial charge is 0.466 e. The van der Waals surface area contributed by atoms with E-state index in [2.05, 4.69) is 11.3 Å². The lowest BCUT2D eigenvalue weighted by Crippen LogP contribution is -2.16. The van der Waals surface area contributed by atoms with Crippen molar-refractivity contribution in [3.05, 3.63) is 12.2 Å². The smallest absolute Gasteiger partial charge is 0.335 e. The lowest BCUT2D eigenvalue weighted by molar-refractivity contribution is -0.139. The number of rotatable bonds is 5. The molecule has 4 nitrogen and oxygen atoms in total. The van der Waals surface area contributed by atoms with Gasteiger partial charge in [0, 0.05) is 7.11 Å². The molecule has 0 aromatic heterocycles. The summed E-state index contributed by atoms with van der Waals surface area (Å²) in [5.74, 6) is -0.460. The van der Waals surface area contributed by atoms with Gasteiger partial charge in [-0.25, -0.2) is 4.79 Å². The van der Waals surface area contributed by atoms with Crippen LogP contribution in [-0.4, -0.2) is 33.1 Å². The zero-order valence-electron chi connectivity index (χ0n) is 7.62. The first kappa shape index (κ1) is 11.1. The Labute approximate surface area is 72.1 Å². The fourth-order valence-electron chi connectivity index (χ4n) is 0.489. The fourth-order valence-corrected chi connectivity index (χ4v) is 0.489. The van der Waals surface area contributed by atoms with Crippen molar-refractivity contribution < 1.29 is 19.0 Å². The molecule has 0 aromatic carbocycles. The lowest BCUT2D eigenvalue weighted by Gasteiger charge is -2.10. The summed E-state index contributed by atoms with van der Waals surface area (Å²) in [6.07, 6.45) is -0.341. The van der Waals surface area contributed by atoms with Gasteiger partial charge in [-0.05, 0) is 6.92 Å². The van der Waals surface area contributed by atoms with E-state index < -0.39 is 5.97 Å².